The van der Waals surface area contributed by atoms with Gasteiger partial charge in [-0.05, 0) is 24.6 Å². The molecule has 0 radical (unpaired) electrons. The quantitative estimate of drug-likeness (QED) is 0.715. The lowest BCUT2D eigenvalue weighted by Crippen LogP contribution is -2.10. The molecule has 0 aliphatic rings. The normalized spacial score (nSPS) is 9.92. The molecule has 0 saturated carbocycles. The molecule has 0 unspecified atom stereocenters. The number of anilines is 1. The predicted octanol–water partition coefficient (Wildman–Crippen LogP) is 0.649. The zero-order valence-corrected chi connectivity index (χ0v) is 7.62. The van der Waals surface area contributed by atoms with Crippen LogP contribution in [0, 0.1) is 0 Å². The number of hydrogen-bond acceptors (Lipinski definition) is 3. The van der Waals surface area contributed by atoms with Gasteiger partial charge >= 0.3 is 0 Å². The summed E-state index contributed by atoms with van der Waals surface area (Å²) in [5.41, 5.74) is 6.62. The first-order valence-electron chi connectivity index (χ1n) is 4.06. The molecular weight excluding hydrogens is 150 g/mol. The SMILES string of the molecule is CN(C)c1ccc(CCN)cn1. The van der Waals surface area contributed by atoms with Crippen molar-refractivity contribution in [2.24, 2.45) is 5.73 Å². The van der Waals surface area contributed by atoms with E-state index in [1.807, 2.05) is 31.3 Å². The molecule has 3 nitrogen and oxygen atoms in total. The summed E-state index contributed by atoms with van der Waals surface area (Å²) in [5, 5.41) is 0. The van der Waals surface area contributed by atoms with Gasteiger partial charge in [0.05, 0.1) is 0 Å². The smallest absolute Gasteiger partial charge is 0.127 e. The zero-order chi connectivity index (χ0) is 8.97. The van der Waals surface area contributed by atoms with Crippen molar-refractivity contribution in [3.63, 3.8) is 0 Å². The second-order valence-electron chi connectivity index (χ2n) is 2.96. The molecule has 0 atom stereocenters. The first kappa shape index (κ1) is 9.00. The summed E-state index contributed by atoms with van der Waals surface area (Å²) < 4.78 is 0. The molecule has 1 aromatic rings. The minimum atomic E-state index is 0.684. The molecule has 66 valence electrons. The van der Waals surface area contributed by atoms with E-state index in [-0.39, 0.29) is 0 Å². The molecule has 0 saturated heterocycles. The Morgan fingerprint density at radius 2 is 2.17 bits per heavy atom. The van der Waals surface area contributed by atoms with E-state index in [4.69, 9.17) is 5.73 Å². The Morgan fingerprint density at radius 1 is 1.42 bits per heavy atom. The fourth-order valence-electron chi connectivity index (χ4n) is 0.996. The average Bonchev–Trinajstić information content (AvgIpc) is 2.06. The van der Waals surface area contributed by atoms with E-state index in [1.165, 1.54) is 5.56 Å². The van der Waals surface area contributed by atoms with E-state index in [0.29, 0.717) is 6.54 Å². The summed E-state index contributed by atoms with van der Waals surface area (Å²) in [6.45, 7) is 0.684. The maximum absolute atomic E-state index is 5.42. The van der Waals surface area contributed by atoms with E-state index < -0.39 is 0 Å². The highest BCUT2D eigenvalue weighted by atomic mass is 15.1. The van der Waals surface area contributed by atoms with Crippen molar-refractivity contribution in [3.8, 4) is 0 Å². The zero-order valence-electron chi connectivity index (χ0n) is 7.62. The lowest BCUT2D eigenvalue weighted by atomic mass is 10.2. The summed E-state index contributed by atoms with van der Waals surface area (Å²) in [4.78, 5) is 6.25. The van der Waals surface area contributed by atoms with Crippen molar-refractivity contribution in [1.29, 1.82) is 0 Å². The number of aromatic nitrogens is 1. The minimum absolute atomic E-state index is 0.684. The largest absolute Gasteiger partial charge is 0.363 e. The number of rotatable bonds is 3. The third-order valence-corrected chi connectivity index (χ3v) is 1.70. The summed E-state index contributed by atoms with van der Waals surface area (Å²) in [6.07, 6.45) is 2.78. The first-order chi connectivity index (χ1) is 5.74. The van der Waals surface area contributed by atoms with Crippen molar-refractivity contribution in [1.82, 2.24) is 4.98 Å². The van der Waals surface area contributed by atoms with Crippen LogP contribution in [0.2, 0.25) is 0 Å². The van der Waals surface area contributed by atoms with E-state index in [9.17, 15) is 0 Å². The molecule has 12 heavy (non-hydrogen) atoms. The number of nitrogens with two attached hydrogens (primary N) is 1. The summed E-state index contributed by atoms with van der Waals surface area (Å²) in [7, 11) is 3.95. The van der Waals surface area contributed by atoms with Crippen LogP contribution in [0.3, 0.4) is 0 Å². The van der Waals surface area contributed by atoms with Crippen molar-refractivity contribution in [3.05, 3.63) is 23.9 Å². The molecule has 0 aliphatic carbocycles. The van der Waals surface area contributed by atoms with Gasteiger partial charge in [0.15, 0.2) is 0 Å². The van der Waals surface area contributed by atoms with E-state index in [2.05, 4.69) is 11.1 Å². The van der Waals surface area contributed by atoms with Crippen molar-refractivity contribution in [2.45, 2.75) is 6.42 Å². The van der Waals surface area contributed by atoms with E-state index in [1.54, 1.807) is 0 Å². The fourth-order valence-corrected chi connectivity index (χ4v) is 0.996. The Labute approximate surface area is 73.2 Å². The second kappa shape index (κ2) is 4.07. The summed E-state index contributed by atoms with van der Waals surface area (Å²) >= 11 is 0. The van der Waals surface area contributed by atoms with Crippen molar-refractivity contribution >= 4 is 5.82 Å². The first-order valence-corrected chi connectivity index (χ1v) is 4.06. The van der Waals surface area contributed by atoms with Crippen LogP contribution in [-0.2, 0) is 6.42 Å². The summed E-state index contributed by atoms with van der Waals surface area (Å²) in [5.74, 6) is 0.982. The molecule has 3 heteroatoms. The maximum atomic E-state index is 5.42. The van der Waals surface area contributed by atoms with E-state index in [0.717, 1.165) is 12.2 Å². The molecule has 0 amide bonds. The molecule has 0 fully saturated rings. The lowest BCUT2D eigenvalue weighted by molar-refractivity contribution is 0.952. The topological polar surface area (TPSA) is 42.1 Å². The third-order valence-electron chi connectivity index (χ3n) is 1.70. The molecule has 0 bridgehead atoms. The second-order valence-corrected chi connectivity index (χ2v) is 2.96. The maximum Gasteiger partial charge on any atom is 0.127 e. The molecular formula is C9H15N3. The molecule has 1 rings (SSSR count). The minimum Gasteiger partial charge on any atom is -0.363 e. The Morgan fingerprint density at radius 3 is 2.58 bits per heavy atom. The van der Waals surface area contributed by atoms with E-state index >= 15 is 0 Å². The fraction of sp³-hybridized carbons (Fsp3) is 0.444. The standard InChI is InChI=1S/C9H15N3/c1-12(2)9-4-3-8(5-6-10)7-11-9/h3-4,7H,5-6,10H2,1-2H3. The number of pyridine rings is 1. The van der Waals surface area contributed by atoms with Gasteiger partial charge in [0.2, 0.25) is 0 Å². The van der Waals surface area contributed by atoms with Crippen LogP contribution < -0.4 is 10.6 Å². The Bertz CT molecular complexity index is 228. The third kappa shape index (κ3) is 2.20. The Kier molecular flexibility index (Phi) is 3.05. The molecule has 0 aromatic carbocycles. The van der Waals surface area contributed by atoms with Gasteiger partial charge < -0.3 is 10.6 Å². The monoisotopic (exact) mass is 165 g/mol. The van der Waals surface area contributed by atoms with Crippen molar-refractivity contribution in [2.75, 3.05) is 25.5 Å². The average molecular weight is 165 g/mol. The molecule has 1 aromatic heterocycles. The highest BCUT2D eigenvalue weighted by Crippen LogP contribution is 2.07. The number of hydrogen-bond donors (Lipinski definition) is 1. The Balaban J connectivity index is 2.71. The lowest BCUT2D eigenvalue weighted by Gasteiger charge is -2.10. The molecule has 1 heterocycles. The van der Waals surface area contributed by atoms with Gasteiger partial charge in [-0.3, -0.25) is 0 Å². The number of nitrogens with zero attached hydrogens (tertiary/aromatic N) is 2. The van der Waals surface area contributed by atoms with Gasteiger partial charge in [-0.1, -0.05) is 6.07 Å². The Hall–Kier alpha value is -1.09. The summed E-state index contributed by atoms with van der Waals surface area (Å²) in [6, 6.07) is 4.07. The van der Waals surface area contributed by atoms with Gasteiger partial charge in [-0.25, -0.2) is 4.98 Å². The molecule has 2 N–H and O–H groups in total. The van der Waals surface area contributed by atoms with Crippen LogP contribution in [0.1, 0.15) is 5.56 Å². The van der Waals surface area contributed by atoms with Crippen LogP contribution in [0.15, 0.2) is 18.3 Å². The predicted molar refractivity (Wildman–Crippen MR) is 51.3 cm³/mol. The van der Waals surface area contributed by atoms with Crippen molar-refractivity contribution < 1.29 is 0 Å². The molecule has 0 spiro atoms. The van der Waals surface area contributed by atoms with Crippen LogP contribution in [0.4, 0.5) is 5.82 Å². The highest BCUT2D eigenvalue weighted by Gasteiger charge is 1.95. The highest BCUT2D eigenvalue weighted by molar-refractivity contribution is 5.37. The van der Waals surface area contributed by atoms with Gasteiger partial charge in [-0.15, -0.1) is 0 Å². The van der Waals surface area contributed by atoms with Crippen LogP contribution >= 0.6 is 0 Å². The van der Waals surface area contributed by atoms with Gasteiger partial charge in [-0.2, -0.15) is 0 Å². The van der Waals surface area contributed by atoms with Gasteiger partial charge in [0.25, 0.3) is 0 Å². The van der Waals surface area contributed by atoms with Gasteiger partial charge in [0, 0.05) is 20.3 Å². The molecule has 0 aliphatic heterocycles. The van der Waals surface area contributed by atoms with Crippen LogP contribution in [-0.4, -0.2) is 25.6 Å². The van der Waals surface area contributed by atoms with Gasteiger partial charge in [0.1, 0.15) is 5.82 Å². The van der Waals surface area contributed by atoms with Crippen LogP contribution in [0.5, 0.6) is 0 Å². The van der Waals surface area contributed by atoms with Crippen LogP contribution in [0.25, 0.3) is 0 Å².